The number of aliphatic hydroxyl groups excluding tert-OH is 1. The second kappa shape index (κ2) is 25.4. The molecule has 10 nitrogen and oxygen atoms in total. The van der Waals surface area contributed by atoms with Gasteiger partial charge in [0.05, 0.1) is 16.4 Å². The third-order valence-electron chi connectivity index (χ3n) is 13.3. The highest BCUT2D eigenvalue weighted by atomic mass is 35.7. The Balaban J connectivity index is 0.000000193. The molecule has 13 heteroatoms. The second-order valence-corrected chi connectivity index (χ2v) is 22.2. The Morgan fingerprint density at radius 1 is 0.507 bits per heavy atom. The van der Waals surface area contributed by atoms with Gasteiger partial charge in [-0.3, -0.25) is 4.18 Å². The van der Waals surface area contributed by atoms with Crippen molar-refractivity contribution in [3.63, 3.8) is 0 Å². The van der Waals surface area contributed by atoms with Crippen LogP contribution in [0.1, 0.15) is 71.9 Å². The van der Waals surface area contributed by atoms with Crippen LogP contribution in [0, 0.1) is 25.7 Å². The van der Waals surface area contributed by atoms with Crippen molar-refractivity contribution >= 4 is 29.9 Å². The van der Waals surface area contributed by atoms with Crippen molar-refractivity contribution in [2.24, 2.45) is 11.8 Å². The van der Waals surface area contributed by atoms with Crippen LogP contribution in [0.25, 0.3) is 0 Å². The first-order valence-corrected chi connectivity index (χ1v) is 27.6. The van der Waals surface area contributed by atoms with Gasteiger partial charge in [0.15, 0.2) is 0 Å². The summed E-state index contributed by atoms with van der Waals surface area (Å²) in [5, 5.41) is 32.8. The molecule has 6 aromatic carbocycles. The molecule has 0 amide bonds. The molecule has 2 aliphatic heterocycles. The molecule has 0 aromatic heterocycles. The van der Waals surface area contributed by atoms with E-state index in [9.17, 15) is 27.0 Å². The molecule has 6 aromatic rings. The highest BCUT2D eigenvalue weighted by Gasteiger charge is 2.42. The number of piperidine rings is 2. The van der Waals surface area contributed by atoms with E-state index < -0.39 is 30.4 Å². The van der Waals surface area contributed by atoms with E-state index in [0.29, 0.717) is 6.42 Å². The molecule has 2 aliphatic rings. The molecule has 0 saturated carbocycles. The molecule has 69 heavy (non-hydrogen) atoms. The van der Waals surface area contributed by atoms with Crippen LogP contribution in [0.2, 0.25) is 0 Å². The second-order valence-electron chi connectivity index (χ2n) is 18.0. The number of aliphatic hydroxyl groups is 3. The minimum atomic E-state index is -3.72. The highest BCUT2D eigenvalue weighted by molar-refractivity contribution is 8.13. The van der Waals surface area contributed by atoms with Gasteiger partial charge in [0.25, 0.3) is 19.2 Å². The number of benzene rings is 6. The zero-order valence-corrected chi connectivity index (χ0v) is 42.1. The van der Waals surface area contributed by atoms with E-state index in [2.05, 4.69) is 9.80 Å². The van der Waals surface area contributed by atoms with Gasteiger partial charge in [-0.2, -0.15) is 8.42 Å². The minimum absolute atomic E-state index is 0.103. The number of aryl methyl sites for hydroxylation is 2. The van der Waals surface area contributed by atoms with Gasteiger partial charge in [0.2, 0.25) is 0 Å². The van der Waals surface area contributed by atoms with E-state index in [-0.39, 0.29) is 34.8 Å². The van der Waals surface area contributed by atoms with Gasteiger partial charge in [-0.05, 0) is 137 Å². The first-order chi connectivity index (χ1) is 33.1. The molecule has 2 saturated heterocycles. The van der Waals surface area contributed by atoms with Gasteiger partial charge in [-0.15, -0.1) is 0 Å². The van der Waals surface area contributed by atoms with E-state index in [1.54, 1.807) is 36.4 Å². The van der Waals surface area contributed by atoms with E-state index in [1.807, 2.05) is 135 Å². The summed E-state index contributed by atoms with van der Waals surface area (Å²) >= 11 is 0. The van der Waals surface area contributed by atoms with Crippen LogP contribution in [0.3, 0.4) is 0 Å². The number of likely N-dealkylation sites (tertiary alicyclic amines) is 2. The average molecular weight is 996 g/mol. The van der Waals surface area contributed by atoms with Crippen LogP contribution in [-0.4, -0.2) is 94.4 Å². The Labute approximate surface area is 414 Å². The molecule has 368 valence electrons. The standard InChI is InChI=1S/C28H33NO4S.C21H27NO2.C7H7ClO2S/c1-23-13-15-27(16-14-23)34(31,32)33-22-8-19-29-20-17-26(18-21-29)28(30,24-9-4-2-5-10-24)25-11-6-3-7-12-25;23-17-7-14-22-15-12-20(13-16-22)21(24,18-8-3-1-4-9-18)19-10-5-2-6-11-19;1-6-2-4-7(5-3-6)11(8,9)10/h2-7,9-16,26,30H,8,17-22H2,1H3;1-6,8-11,20,23-24H,7,12-17H2;2-5H,1H3. The predicted octanol–water partition coefficient (Wildman–Crippen LogP) is 9.68. The average Bonchev–Trinajstić information content (AvgIpc) is 3.38. The van der Waals surface area contributed by atoms with Gasteiger partial charge in [-0.25, -0.2) is 8.42 Å². The predicted molar refractivity (Wildman–Crippen MR) is 275 cm³/mol. The van der Waals surface area contributed by atoms with Gasteiger partial charge >= 0.3 is 0 Å². The number of hydrogen-bond acceptors (Lipinski definition) is 10. The Morgan fingerprint density at radius 3 is 1.14 bits per heavy atom. The summed E-state index contributed by atoms with van der Waals surface area (Å²) in [5.74, 6) is 0.305. The van der Waals surface area contributed by atoms with Crippen molar-refractivity contribution in [3.05, 3.63) is 203 Å². The van der Waals surface area contributed by atoms with Crippen LogP contribution in [0.5, 0.6) is 0 Å². The zero-order valence-electron chi connectivity index (χ0n) is 39.7. The molecule has 8 rings (SSSR count). The fourth-order valence-corrected chi connectivity index (χ4v) is 11.1. The third-order valence-corrected chi connectivity index (χ3v) is 16.0. The molecule has 0 radical (unpaired) electrons. The number of halogens is 1. The summed E-state index contributed by atoms with van der Waals surface area (Å²) in [5.41, 5.74) is 3.85. The van der Waals surface area contributed by atoms with Crippen LogP contribution >= 0.6 is 10.7 Å². The summed E-state index contributed by atoms with van der Waals surface area (Å²) in [6, 6.07) is 53.1. The molecule has 0 bridgehead atoms. The molecule has 0 spiro atoms. The molecule has 2 heterocycles. The summed E-state index contributed by atoms with van der Waals surface area (Å²) < 4.78 is 51.4. The fraction of sp³-hybridized carbons (Fsp3) is 0.357. The number of rotatable bonds is 16. The quantitative estimate of drug-likeness (QED) is 0.0487. The lowest BCUT2D eigenvalue weighted by atomic mass is 9.72. The first-order valence-electron chi connectivity index (χ1n) is 23.8. The Bertz CT molecular complexity index is 2570. The van der Waals surface area contributed by atoms with Crippen molar-refractivity contribution in [1.82, 2.24) is 9.80 Å². The van der Waals surface area contributed by atoms with Crippen LogP contribution < -0.4 is 0 Å². The van der Waals surface area contributed by atoms with Gasteiger partial charge in [0.1, 0.15) is 11.2 Å². The van der Waals surface area contributed by atoms with Gasteiger partial charge in [-0.1, -0.05) is 157 Å². The van der Waals surface area contributed by atoms with Crippen LogP contribution in [-0.2, 0) is 34.6 Å². The maximum Gasteiger partial charge on any atom is 0.296 e. The van der Waals surface area contributed by atoms with Gasteiger partial charge in [0, 0.05) is 30.4 Å². The van der Waals surface area contributed by atoms with Crippen molar-refractivity contribution < 1.29 is 36.3 Å². The lowest BCUT2D eigenvalue weighted by Crippen LogP contribution is -2.44. The van der Waals surface area contributed by atoms with Crippen LogP contribution in [0.15, 0.2) is 180 Å². The van der Waals surface area contributed by atoms with E-state index in [1.165, 1.54) is 12.1 Å². The number of hydrogen-bond donors (Lipinski definition) is 3. The summed E-state index contributed by atoms with van der Waals surface area (Å²) in [6.45, 7) is 9.59. The topological polar surface area (TPSA) is 145 Å². The van der Waals surface area contributed by atoms with Crippen molar-refractivity contribution in [2.45, 2.75) is 73.4 Å². The largest absolute Gasteiger partial charge is 0.396 e. The smallest absolute Gasteiger partial charge is 0.296 e. The summed E-state index contributed by atoms with van der Waals surface area (Å²) in [7, 11) is -2.19. The van der Waals surface area contributed by atoms with Crippen molar-refractivity contribution in [1.29, 1.82) is 0 Å². The lowest BCUT2D eigenvalue weighted by Gasteiger charge is -2.42. The van der Waals surface area contributed by atoms with E-state index in [0.717, 1.165) is 105 Å². The molecule has 0 aliphatic carbocycles. The molecular formula is C56H67ClN2O8S2. The Morgan fingerprint density at radius 2 is 0.826 bits per heavy atom. The van der Waals surface area contributed by atoms with Crippen molar-refractivity contribution in [2.75, 3.05) is 52.5 Å². The normalized spacial score (nSPS) is 15.6. The van der Waals surface area contributed by atoms with Gasteiger partial charge < -0.3 is 25.1 Å². The third kappa shape index (κ3) is 14.7. The molecule has 0 unspecified atom stereocenters. The SMILES string of the molecule is Cc1ccc(S(=O)(=O)Cl)cc1.Cc1ccc(S(=O)(=O)OCCCN2CCC(C(O)(c3ccccc3)c3ccccc3)CC2)cc1.OCCCN1CCC(C(O)(c2ccccc2)c2ccccc2)CC1. The maximum absolute atomic E-state index is 12.4. The molecule has 3 N–H and O–H groups in total. The fourth-order valence-electron chi connectivity index (χ4n) is 9.42. The van der Waals surface area contributed by atoms with Crippen molar-refractivity contribution in [3.8, 4) is 0 Å². The lowest BCUT2D eigenvalue weighted by molar-refractivity contribution is -0.0148. The maximum atomic E-state index is 12.4. The zero-order chi connectivity index (χ0) is 49.3. The van der Waals surface area contributed by atoms with E-state index >= 15 is 0 Å². The number of nitrogens with zero attached hydrogens (tertiary/aromatic N) is 2. The minimum Gasteiger partial charge on any atom is -0.396 e. The summed E-state index contributed by atoms with van der Waals surface area (Å²) in [4.78, 5) is 5.06. The molecule has 0 atom stereocenters. The first kappa shape index (κ1) is 53.6. The van der Waals surface area contributed by atoms with Crippen LogP contribution in [0.4, 0.5) is 0 Å². The summed E-state index contributed by atoms with van der Waals surface area (Å²) in [6.07, 6.45) is 5.12. The Kier molecular flexibility index (Phi) is 19.7. The monoisotopic (exact) mass is 994 g/mol. The molecular weight excluding hydrogens is 928 g/mol. The Hall–Kier alpha value is -4.73. The highest BCUT2D eigenvalue weighted by Crippen LogP contribution is 2.43. The van der Waals surface area contributed by atoms with E-state index in [4.69, 9.17) is 20.0 Å². The molecule has 2 fully saturated rings.